The molecule has 0 N–H and O–H groups in total. The highest BCUT2D eigenvalue weighted by Crippen LogP contribution is 2.32. The second kappa shape index (κ2) is 10.7. The van der Waals surface area contributed by atoms with Gasteiger partial charge in [0.15, 0.2) is 0 Å². The van der Waals surface area contributed by atoms with Gasteiger partial charge in [-0.25, -0.2) is 0 Å². The van der Waals surface area contributed by atoms with E-state index in [0.717, 1.165) is 58.0 Å². The third kappa shape index (κ3) is 5.76. The lowest BCUT2D eigenvalue weighted by atomic mass is 9.80. The first-order chi connectivity index (χ1) is 11.5. The van der Waals surface area contributed by atoms with Crippen LogP contribution in [0.2, 0.25) is 0 Å². The van der Waals surface area contributed by atoms with Crippen molar-refractivity contribution in [3.05, 3.63) is 0 Å². The molecule has 1 heterocycles. The maximum atomic E-state index is 12.5. The molecule has 0 radical (unpaired) electrons. The minimum Gasteiger partial charge on any atom is -0.469 e. The van der Waals surface area contributed by atoms with Crippen molar-refractivity contribution in [2.45, 2.75) is 77.2 Å². The number of likely N-dealkylation sites (tertiary alicyclic amines) is 1. The number of esters is 2. The molecule has 0 aliphatic carbocycles. The Morgan fingerprint density at radius 3 is 2.21 bits per heavy atom. The molecule has 0 amide bonds. The highest BCUT2D eigenvalue weighted by atomic mass is 16.5. The summed E-state index contributed by atoms with van der Waals surface area (Å²) in [4.78, 5) is 25.9. The lowest BCUT2D eigenvalue weighted by Gasteiger charge is -2.45. The van der Waals surface area contributed by atoms with Gasteiger partial charge in [0.1, 0.15) is 5.54 Å². The molecule has 5 heteroatoms. The van der Waals surface area contributed by atoms with E-state index in [-0.39, 0.29) is 17.9 Å². The molecule has 1 rings (SSSR count). The molecule has 140 valence electrons. The molecule has 0 saturated carbocycles. The molecule has 0 aromatic carbocycles. The summed E-state index contributed by atoms with van der Waals surface area (Å²) in [5.41, 5.74) is -0.527. The van der Waals surface area contributed by atoms with Crippen molar-refractivity contribution >= 4 is 11.9 Å². The summed E-state index contributed by atoms with van der Waals surface area (Å²) in [7, 11) is 2.92. The molecule has 1 aliphatic rings. The Bertz CT molecular complexity index is 393. The highest BCUT2D eigenvalue weighted by molar-refractivity contribution is 5.80. The average molecular weight is 341 g/mol. The van der Waals surface area contributed by atoms with Gasteiger partial charge in [-0.15, -0.1) is 0 Å². The van der Waals surface area contributed by atoms with Crippen molar-refractivity contribution in [1.82, 2.24) is 4.90 Å². The molecular weight excluding hydrogens is 306 g/mol. The van der Waals surface area contributed by atoms with Gasteiger partial charge in [-0.2, -0.15) is 0 Å². The van der Waals surface area contributed by atoms with Crippen LogP contribution in [0.1, 0.15) is 71.6 Å². The molecule has 5 nitrogen and oxygen atoms in total. The molecule has 0 spiro atoms. The first-order valence-electron chi connectivity index (χ1n) is 9.37. The number of methoxy groups -OCH3 is 2. The third-order valence-electron chi connectivity index (χ3n) is 5.57. The van der Waals surface area contributed by atoms with E-state index in [0.29, 0.717) is 6.42 Å². The van der Waals surface area contributed by atoms with Crippen LogP contribution in [0.5, 0.6) is 0 Å². The van der Waals surface area contributed by atoms with Gasteiger partial charge in [0.25, 0.3) is 0 Å². The van der Waals surface area contributed by atoms with Crippen LogP contribution in [-0.2, 0) is 19.1 Å². The van der Waals surface area contributed by atoms with E-state index in [1.54, 1.807) is 0 Å². The summed E-state index contributed by atoms with van der Waals surface area (Å²) in [6, 6.07) is 0. The largest absolute Gasteiger partial charge is 0.469 e. The molecule has 24 heavy (non-hydrogen) atoms. The second-order valence-corrected chi connectivity index (χ2v) is 7.12. The van der Waals surface area contributed by atoms with Crippen molar-refractivity contribution in [3.63, 3.8) is 0 Å². The number of carbonyl (C=O) groups excluding carboxylic acids is 2. The first kappa shape index (κ1) is 20.9. The fraction of sp³-hybridized carbons (Fsp3) is 0.895. The topological polar surface area (TPSA) is 55.8 Å². The Kier molecular flexibility index (Phi) is 9.34. The maximum absolute atomic E-state index is 12.5. The van der Waals surface area contributed by atoms with Crippen LogP contribution < -0.4 is 0 Å². The van der Waals surface area contributed by atoms with Crippen LogP contribution in [0, 0.1) is 5.92 Å². The van der Waals surface area contributed by atoms with Gasteiger partial charge in [0.05, 0.1) is 14.2 Å². The number of carbonyl (C=O) groups is 2. The smallest absolute Gasteiger partial charge is 0.326 e. The highest BCUT2D eigenvalue weighted by Gasteiger charge is 2.45. The number of ether oxygens (including phenoxy) is 2. The maximum Gasteiger partial charge on any atom is 0.326 e. The molecule has 1 aliphatic heterocycles. The van der Waals surface area contributed by atoms with Gasteiger partial charge >= 0.3 is 11.9 Å². The van der Waals surface area contributed by atoms with E-state index < -0.39 is 5.54 Å². The summed E-state index contributed by atoms with van der Waals surface area (Å²) in [6.45, 7) is 6.18. The molecule has 1 fully saturated rings. The molecule has 2 atom stereocenters. The fourth-order valence-electron chi connectivity index (χ4n) is 3.66. The van der Waals surface area contributed by atoms with E-state index in [9.17, 15) is 9.59 Å². The lowest BCUT2D eigenvalue weighted by Crippen LogP contribution is -2.58. The summed E-state index contributed by atoms with van der Waals surface area (Å²) in [5.74, 6) is 0.0120. The normalized spacial score (nSPS) is 19.3. The summed E-state index contributed by atoms with van der Waals surface area (Å²) in [5, 5.41) is 0. The number of piperidine rings is 1. The van der Waals surface area contributed by atoms with Crippen molar-refractivity contribution in [2.75, 3.05) is 27.3 Å². The van der Waals surface area contributed by atoms with Crippen molar-refractivity contribution in [3.8, 4) is 0 Å². The SMILES string of the molecule is COC(=O)CCCCCCC(C)C(C)(C(=O)OC)N1CCCCC1. The lowest BCUT2D eigenvalue weighted by molar-refractivity contribution is -0.159. The monoisotopic (exact) mass is 341 g/mol. The first-order valence-corrected chi connectivity index (χ1v) is 9.37. The van der Waals surface area contributed by atoms with E-state index >= 15 is 0 Å². The summed E-state index contributed by atoms with van der Waals surface area (Å²) >= 11 is 0. The standard InChI is InChI=1S/C19H35NO4/c1-16(12-8-5-6-9-13-17(21)23-3)19(2,18(22)24-4)20-14-10-7-11-15-20/h16H,5-15H2,1-4H3. The van der Waals surface area contributed by atoms with E-state index in [2.05, 4.69) is 16.6 Å². The van der Waals surface area contributed by atoms with Crippen LogP contribution in [0.4, 0.5) is 0 Å². The van der Waals surface area contributed by atoms with Gasteiger partial charge in [0, 0.05) is 6.42 Å². The minimum atomic E-state index is -0.527. The van der Waals surface area contributed by atoms with Crippen molar-refractivity contribution in [2.24, 2.45) is 5.92 Å². The molecule has 2 unspecified atom stereocenters. The molecule has 0 bridgehead atoms. The van der Waals surface area contributed by atoms with Crippen LogP contribution in [0.15, 0.2) is 0 Å². The van der Waals surface area contributed by atoms with E-state index in [1.807, 2.05) is 6.92 Å². The van der Waals surface area contributed by atoms with E-state index in [4.69, 9.17) is 4.74 Å². The number of nitrogens with zero attached hydrogens (tertiary/aromatic N) is 1. The zero-order valence-electron chi connectivity index (χ0n) is 15.9. The Balaban J connectivity index is 2.45. The van der Waals surface area contributed by atoms with Crippen molar-refractivity contribution in [1.29, 1.82) is 0 Å². The molecular formula is C19H35NO4. The fourth-order valence-corrected chi connectivity index (χ4v) is 3.66. The van der Waals surface area contributed by atoms with Gasteiger partial charge in [-0.1, -0.05) is 32.6 Å². The second-order valence-electron chi connectivity index (χ2n) is 7.12. The summed E-state index contributed by atoms with van der Waals surface area (Å²) in [6.07, 6.45) is 9.13. The van der Waals surface area contributed by atoms with Crippen LogP contribution in [-0.4, -0.2) is 49.7 Å². The van der Waals surface area contributed by atoms with Crippen LogP contribution in [0.3, 0.4) is 0 Å². The molecule has 1 saturated heterocycles. The minimum absolute atomic E-state index is 0.109. The van der Waals surface area contributed by atoms with Gasteiger partial charge < -0.3 is 9.47 Å². The van der Waals surface area contributed by atoms with Crippen LogP contribution >= 0.6 is 0 Å². The Morgan fingerprint density at radius 2 is 1.62 bits per heavy atom. The third-order valence-corrected chi connectivity index (χ3v) is 5.57. The average Bonchev–Trinajstić information content (AvgIpc) is 2.63. The Morgan fingerprint density at radius 1 is 1.00 bits per heavy atom. The Labute approximate surface area is 147 Å². The summed E-state index contributed by atoms with van der Waals surface area (Å²) < 4.78 is 9.79. The Hall–Kier alpha value is -1.10. The van der Waals surface area contributed by atoms with E-state index in [1.165, 1.54) is 20.6 Å². The number of hydrogen-bond donors (Lipinski definition) is 0. The zero-order chi connectivity index (χ0) is 18.0. The predicted molar refractivity (Wildman–Crippen MR) is 94.7 cm³/mol. The van der Waals surface area contributed by atoms with Crippen LogP contribution in [0.25, 0.3) is 0 Å². The quantitative estimate of drug-likeness (QED) is 0.449. The number of rotatable bonds is 10. The zero-order valence-corrected chi connectivity index (χ0v) is 15.9. The number of unbranched alkanes of at least 4 members (excludes halogenated alkanes) is 3. The predicted octanol–water partition coefficient (Wildman–Crippen LogP) is 3.55. The van der Waals surface area contributed by atoms with Crippen molar-refractivity contribution < 1.29 is 19.1 Å². The van der Waals surface area contributed by atoms with Gasteiger partial charge in [-0.05, 0) is 51.6 Å². The van der Waals surface area contributed by atoms with Gasteiger partial charge in [0.2, 0.25) is 0 Å². The van der Waals surface area contributed by atoms with Gasteiger partial charge in [-0.3, -0.25) is 14.5 Å². The number of hydrogen-bond acceptors (Lipinski definition) is 5. The molecule has 0 aromatic heterocycles. The molecule has 0 aromatic rings.